The van der Waals surface area contributed by atoms with Crippen molar-refractivity contribution < 1.29 is 4.74 Å². The van der Waals surface area contributed by atoms with Gasteiger partial charge in [-0.1, -0.05) is 19.1 Å². The topological polar surface area (TPSA) is 24.5 Å². The monoisotopic (exact) mass is 274 g/mol. The van der Waals surface area contributed by atoms with E-state index in [1.54, 1.807) is 7.11 Å². The van der Waals surface area contributed by atoms with Gasteiger partial charge in [0.05, 0.1) is 12.8 Å². The molecule has 2 unspecified atom stereocenters. The summed E-state index contributed by atoms with van der Waals surface area (Å²) in [4.78, 5) is 2.65. The Balaban J connectivity index is 1.86. The van der Waals surface area contributed by atoms with Crippen molar-refractivity contribution in [3.63, 3.8) is 0 Å². The first-order valence-electron chi connectivity index (χ1n) is 7.98. The van der Waals surface area contributed by atoms with E-state index in [0.29, 0.717) is 18.1 Å². The minimum Gasteiger partial charge on any atom is -0.495 e. The fourth-order valence-corrected chi connectivity index (χ4v) is 4.07. The van der Waals surface area contributed by atoms with Crippen LogP contribution in [0.4, 0.5) is 5.69 Å². The fourth-order valence-electron chi connectivity index (χ4n) is 4.07. The molecule has 0 radical (unpaired) electrons. The molecule has 110 valence electrons. The maximum absolute atomic E-state index is 5.58. The lowest BCUT2D eigenvalue weighted by Crippen LogP contribution is -2.56. The normalized spacial score (nSPS) is 29.3. The van der Waals surface area contributed by atoms with Gasteiger partial charge in [0.25, 0.3) is 0 Å². The van der Waals surface area contributed by atoms with E-state index in [-0.39, 0.29) is 0 Å². The van der Waals surface area contributed by atoms with Crippen molar-refractivity contribution in [2.45, 2.75) is 57.2 Å². The van der Waals surface area contributed by atoms with Crippen LogP contribution in [-0.4, -0.2) is 31.8 Å². The molecule has 3 nitrogen and oxygen atoms in total. The SMILES string of the molecule is CCNC1CC2CCCC(C1)N2c1ccccc1OC. The average molecular weight is 274 g/mol. The number of ether oxygens (including phenoxy) is 1. The summed E-state index contributed by atoms with van der Waals surface area (Å²) in [5.41, 5.74) is 1.29. The Labute approximate surface area is 122 Å². The Bertz CT molecular complexity index is 434. The van der Waals surface area contributed by atoms with Gasteiger partial charge in [-0.2, -0.15) is 0 Å². The third kappa shape index (κ3) is 2.51. The largest absolute Gasteiger partial charge is 0.495 e. The first-order chi connectivity index (χ1) is 9.83. The molecule has 2 bridgehead atoms. The molecule has 2 atom stereocenters. The zero-order chi connectivity index (χ0) is 13.9. The molecule has 0 aliphatic carbocycles. The summed E-state index contributed by atoms with van der Waals surface area (Å²) >= 11 is 0. The van der Waals surface area contributed by atoms with E-state index in [2.05, 4.69) is 41.4 Å². The second-order valence-electron chi connectivity index (χ2n) is 6.04. The van der Waals surface area contributed by atoms with Crippen molar-refractivity contribution in [2.75, 3.05) is 18.6 Å². The lowest BCUT2D eigenvalue weighted by molar-refractivity contribution is 0.245. The predicted molar refractivity (Wildman–Crippen MR) is 83.6 cm³/mol. The van der Waals surface area contributed by atoms with E-state index in [1.807, 2.05) is 0 Å². The number of hydrogen-bond donors (Lipinski definition) is 1. The fraction of sp³-hybridized carbons (Fsp3) is 0.647. The molecule has 2 saturated heterocycles. The molecule has 1 aromatic carbocycles. The number of fused-ring (bicyclic) bond motifs is 2. The molecule has 2 aliphatic heterocycles. The van der Waals surface area contributed by atoms with E-state index >= 15 is 0 Å². The third-order valence-corrected chi connectivity index (χ3v) is 4.83. The van der Waals surface area contributed by atoms with Gasteiger partial charge in [-0.05, 0) is 50.8 Å². The number of anilines is 1. The highest BCUT2D eigenvalue weighted by Gasteiger charge is 2.38. The van der Waals surface area contributed by atoms with Gasteiger partial charge in [0.15, 0.2) is 0 Å². The highest BCUT2D eigenvalue weighted by Crippen LogP contribution is 2.41. The van der Waals surface area contributed by atoms with Gasteiger partial charge in [-0.15, -0.1) is 0 Å². The van der Waals surface area contributed by atoms with Crippen LogP contribution in [0.1, 0.15) is 39.0 Å². The molecule has 1 aromatic rings. The highest BCUT2D eigenvalue weighted by molar-refractivity contribution is 5.60. The molecule has 2 fully saturated rings. The number of rotatable bonds is 4. The van der Waals surface area contributed by atoms with Crippen molar-refractivity contribution in [3.8, 4) is 5.75 Å². The van der Waals surface area contributed by atoms with Crippen LogP contribution >= 0.6 is 0 Å². The smallest absolute Gasteiger partial charge is 0.142 e. The molecule has 0 saturated carbocycles. The van der Waals surface area contributed by atoms with Gasteiger partial charge in [0.2, 0.25) is 0 Å². The number of piperidine rings is 2. The molecular weight excluding hydrogens is 248 g/mol. The average Bonchev–Trinajstić information content (AvgIpc) is 2.46. The van der Waals surface area contributed by atoms with E-state index in [0.717, 1.165) is 12.3 Å². The minimum atomic E-state index is 0.669. The first-order valence-corrected chi connectivity index (χ1v) is 7.98. The summed E-state index contributed by atoms with van der Waals surface area (Å²) < 4.78 is 5.58. The minimum absolute atomic E-state index is 0.669. The number of methoxy groups -OCH3 is 1. The maximum atomic E-state index is 5.58. The van der Waals surface area contributed by atoms with Gasteiger partial charge in [-0.3, -0.25) is 0 Å². The van der Waals surface area contributed by atoms with Crippen LogP contribution in [0, 0.1) is 0 Å². The summed E-state index contributed by atoms with van der Waals surface area (Å²) in [6.45, 7) is 3.29. The Morgan fingerprint density at radius 1 is 1.20 bits per heavy atom. The third-order valence-electron chi connectivity index (χ3n) is 4.83. The number of nitrogens with zero attached hydrogens (tertiary/aromatic N) is 1. The Hall–Kier alpha value is -1.22. The van der Waals surface area contributed by atoms with Crippen molar-refractivity contribution in [1.29, 1.82) is 0 Å². The van der Waals surface area contributed by atoms with Crippen LogP contribution in [0.5, 0.6) is 5.75 Å². The van der Waals surface area contributed by atoms with E-state index in [4.69, 9.17) is 4.74 Å². The second kappa shape index (κ2) is 6.04. The van der Waals surface area contributed by atoms with Crippen LogP contribution in [-0.2, 0) is 0 Å². The maximum Gasteiger partial charge on any atom is 0.142 e. The number of para-hydroxylation sites is 2. The lowest BCUT2D eigenvalue weighted by Gasteiger charge is -2.50. The van der Waals surface area contributed by atoms with Crippen molar-refractivity contribution >= 4 is 5.69 Å². The Morgan fingerprint density at radius 3 is 2.55 bits per heavy atom. The second-order valence-corrected chi connectivity index (χ2v) is 6.04. The lowest BCUT2D eigenvalue weighted by atomic mass is 9.81. The molecule has 3 rings (SSSR count). The van der Waals surface area contributed by atoms with Crippen molar-refractivity contribution in [1.82, 2.24) is 5.32 Å². The molecule has 2 aliphatic rings. The molecule has 0 aromatic heterocycles. The van der Waals surface area contributed by atoms with Crippen LogP contribution in [0.2, 0.25) is 0 Å². The summed E-state index contributed by atoms with van der Waals surface area (Å²) in [6.07, 6.45) is 6.54. The summed E-state index contributed by atoms with van der Waals surface area (Å²) in [5, 5.41) is 3.66. The summed E-state index contributed by atoms with van der Waals surface area (Å²) in [6, 6.07) is 10.5. The van der Waals surface area contributed by atoms with Gasteiger partial charge in [0.1, 0.15) is 5.75 Å². The van der Waals surface area contributed by atoms with E-state index in [9.17, 15) is 0 Å². The van der Waals surface area contributed by atoms with E-state index < -0.39 is 0 Å². The van der Waals surface area contributed by atoms with E-state index in [1.165, 1.54) is 37.8 Å². The van der Waals surface area contributed by atoms with Crippen LogP contribution < -0.4 is 15.0 Å². The van der Waals surface area contributed by atoms with Gasteiger partial charge in [-0.25, -0.2) is 0 Å². The van der Waals surface area contributed by atoms with Crippen LogP contribution in [0.25, 0.3) is 0 Å². The predicted octanol–water partition coefficient (Wildman–Crippen LogP) is 3.19. The standard InChI is InChI=1S/C17H26N2O/c1-3-18-13-11-14-7-6-8-15(12-13)19(14)16-9-4-5-10-17(16)20-2/h4-5,9-10,13-15,18H,3,6-8,11-12H2,1-2H3. The molecular formula is C17H26N2O. The van der Waals surface area contributed by atoms with Crippen molar-refractivity contribution in [3.05, 3.63) is 24.3 Å². The van der Waals surface area contributed by atoms with Crippen LogP contribution in [0.3, 0.4) is 0 Å². The number of hydrogen-bond acceptors (Lipinski definition) is 3. The highest BCUT2D eigenvalue weighted by atomic mass is 16.5. The zero-order valence-corrected chi connectivity index (χ0v) is 12.6. The molecule has 0 spiro atoms. The molecule has 20 heavy (non-hydrogen) atoms. The Kier molecular flexibility index (Phi) is 4.16. The van der Waals surface area contributed by atoms with Gasteiger partial charge < -0.3 is 15.0 Å². The van der Waals surface area contributed by atoms with Gasteiger partial charge >= 0.3 is 0 Å². The quantitative estimate of drug-likeness (QED) is 0.912. The van der Waals surface area contributed by atoms with Crippen LogP contribution in [0.15, 0.2) is 24.3 Å². The molecule has 0 amide bonds. The number of benzene rings is 1. The number of nitrogens with one attached hydrogen (secondary N) is 1. The van der Waals surface area contributed by atoms with Crippen molar-refractivity contribution in [2.24, 2.45) is 0 Å². The summed E-state index contributed by atoms with van der Waals surface area (Å²) in [7, 11) is 1.78. The molecule has 2 heterocycles. The molecule has 1 N–H and O–H groups in total. The zero-order valence-electron chi connectivity index (χ0n) is 12.6. The summed E-state index contributed by atoms with van der Waals surface area (Å²) in [5.74, 6) is 1.02. The Morgan fingerprint density at radius 2 is 1.90 bits per heavy atom. The molecule has 3 heteroatoms. The van der Waals surface area contributed by atoms with Gasteiger partial charge in [0, 0.05) is 18.1 Å². The first kappa shape index (κ1) is 13.7.